The minimum Gasteiger partial charge on any atom is -0.442 e. The van der Waals surface area contributed by atoms with E-state index in [0.29, 0.717) is 22.6 Å². The minimum atomic E-state index is -0.636. The van der Waals surface area contributed by atoms with Gasteiger partial charge in [0.25, 0.3) is 0 Å². The van der Waals surface area contributed by atoms with Crippen molar-refractivity contribution in [3.05, 3.63) is 42.2 Å². The largest absolute Gasteiger partial charge is 0.442 e. The number of carbonyl (C=O) groups is 1. The molecular formula is C14H11FN4O2. The SMILES string of the molecule is Cc1ncc(-c2ccc(N3N=CCOC3=O)cc2F)cn1. The molecule has 106 valence electrons. The molecule has 0 spiro atoms. The first-order valence-corrected chi connectivity index (χ1v) is 6.23. The number of aryl methyl sites for hydroxylation is 1. The van der Waals surface area contributed by atoms with Crippen molar-refractivity contribution in [2.75, 3.05) is 11.6 Å². The maximum Gasteiger partial charge on any atom is 0.435 e. The fourth-order valence-electron chi connectivity index (χ4n) is 1.91. The van der Waals surface area contributed by atoms with Crippen molar-refractivity contribution >= 4 is 18.0 Å². The lowest BCUT2D eigenvalue weighted by molar-refractivity contribution is 0.167. The molecule has 1 aromatic carbocycles. The van der Waals surface area contributed by atoms with Crippen molar-refractivity contribution in [1.29, 1.82) is 0 Å². The number of benzene rings is 1. The molecule has 0 N–H and O–H groups in total. The average molecular weight is 286 g/mol. The molecule has 1 aliphatic heterocycles. The molecule has 3 rings (SSSR count). The highest BCUT2D eigenvalue weighted by atomic mass is 19.1. The van der Waals surface area contributed by atoms with Gasteiger partial charge in [0, 0.05) is 29.6 Å². The van der Waals surface area contributed by atoms with E-state index in [4.69, 9.17) is 4.74 Å². The van der Waals surface area contributed by atoms with Gasteiger partial charge in [-0.2, -0.15) is 10.1 Å². The van der Waals surface area contributed by atoms with E-state index in [2.05, 4.69) is 15.1 Å². The lowest BCUT2D eigenvalue weighted by Crippen LogP contribution is -2.31. The van der Waals surface area contributed by atoms with E-state index in [1.54, 1.807) is 31.5 Å². The van der Waals surface area contributed by atoms with Crippen LogP contribution in [-0.2, 0) is 4.74 Å². The minimum absolute atomic E-state index is 0.122. The van der Waals surface area contributed by atoms with Gasteiger partial charge in [-0.25, -0.2) is 19.2 Å². The topological polar surface area (TPSA) is 67.7 Å². The van der Waals surface area contributed by atoms with Crippen LogP contribution in [0.4, 0.5) is 14.9 Å². The highest BCUT2D eigenvalue weighted by molar-refractivity contribution is 5.91. The molecule has 6 nitrogen and oxygen atoms in total. The molecule has 0 radical (unpaired) electrons. The third-order valence-electron chi connectivity index (χ3n) is 2.94. The Morgan fingerprint density at radius 3 is 2.71 bits per heavy atom. The number of carbonyl (C=O) groups excluding carboxylic acids is 1. The summed E-state index contributed by atoms with van der Waals surface area (Å²) in [5.41, 5.74) is 1.22. The number of hydrazone groups is 1. The monoisotopic (exact) mass is 286 g/mol. The second kappa shape index (κ2) is 5.28. The third kappa shape index (κ3) is 2.58. The highest BCUT2D eigenvalue weighted by Crippen LogP contribution is 2.27. The molecule has 1 aliphatic rings. The second-order valence-electron chi connectivity index (χ2n) is 4.37. The van der Waals surface area contributed by atoms with Gasteiger partial charge in [0.2, 0.25) is 0 Å². The normalized spacial score (nSPS) is 14.2. The number of hydrogen-bond donors (Lipinski definition) is 0. The Kier molecular flexibility index (Phi) is 3.31. The van der Waals surface area contributed by atoms with Crippen LogP contribution in [0.2, 0.25) is 0 Å². The second-order valence-corrected chi connectivity index (χ2v) is 4.37. The van der Waals surface area contributed by atoms with Gasteiger partial charge in [-0.1, -0.05) is 0 Å². The zero-order valence-corrected chi connectivity index (χ0v) is 11.2. The molecular weight excluding hydrogens is 275 g/mol. The Labute approximate surface area is 119 Å². The first-order chi connectivity index (χ1) is 10.1. The molecule has 21 heavy (non-hydrogen) atoms. The van der Waals surface area contributed by atoms with Gasteiger partial charge in [0.1, 0.15) is 18.2 Å². The van der Waals surface area contributed by atoms with Gasteiger partial charge >= 0.3 is 6.09 Å². The number of aromatic nitrogens is 2. The summed E-state index contributed by atoms with van der Waals surface area (Å²) >= 11 is 0. The van der Waals surface area contributed by atoms with E-state index in [-0.39, 0.29) is 6.61 Å². The van der Waals surface area contributed by atoms with E-state index in [1.807, 2.05) is 0 Å². The summed E-state index contributed by atoms with van der Waals surface area (Å²) < 4.78 is 19.0. The summed E-state index contributed by atoms with van der Waals surface area (Å²) in [6, 6.07) is 4.36. The van der Waals surface area contributed by atoms with E-state index < -0.39 is 11.9 Å². The van der Waals surface area contributed by atoms with Gasteiger partial charge in [-0.15, -0.1) is 0 Å². The summed E-state index contributed by atoms with van der Waals surface area (Å²) in [5.74, 6) is 0.120. The van der Waals surface area contributed by atoms with Crippen molar-refractivity contribution in [2.45, 2.75) is 6.92 Å². The standard InChI is InChI=1S/C14H11FN4O2/c1-9-16-7-10(8-17-9)12-3-2-11(6-13(12)15)19-14(20)21-5-4-18-19/h2-4,6-8H,5H2,1H3. The summed E-state index contributed by atoms with van der Waals surface area (Å²) in [6.07, 6.45) is 3.89. The number of amides is 1. The molecule has 2 aromatic rings. The summed E-state index contributed by atoms with van der Waals surface area (Å²) in [5, 5.41) is 4.88. The lowest BCUT2D eigenvalue weighted by atomic mass is 10.1. The van der Waals surface area contributed by atoms with Crippen LogP contribution in [0.3, 0.4) is 0 Å². The van der Waals surface area contributed by atoms with E-state index in [9.17, 15) is 9.18 Å². The summed E-state index contributed by atoms with van der Waals surface area (Å²) in [7, 11) is 0. The van der Waals surface area contributed by atoms with Crippen molar-refractivity contribution in [1.82, 2.24) is 9.97 Å². The molecule has 2 heterocycles. The Morgan fingerprint density at radius 1 is 1.29 bits per heavy atom. The van der Waals surface area contributed by atoms with Gasteiger partial charge in [-0.3, -0.25) is 0 Å². The lowest BCUT2D eigenvalue weighted by Gasteiger charge is -2.20. The van der Waals surface area contributed by atoms with E-state index >= 15 is 0 Å². The average Bonchev–Trinajstić information content (AvgIpc) is 2.49. The van der Waals surface area contributed by atoms with Crippen LogP contribution < -0.4 is 5.01 Å². The fourth-order valence-corrected chi connectivity index (χ4v) is 1.91. The van der Waals surface area contributed by atoms with E-state index in [1.165, 1.54) is 12.3 Å². The van der Waals surface area contributed by atoms with Crippen LogP contribution in [0.1, 0.15) is 5.82 Å². The highest BCUT2D eigenvalue weighted by Gasteiger charge is 2.20. The predicted molar refractivity (Wildman–Crippen MR) is 74.5 cm³/mol. The van der Waals surface area contributed by atoms with Gasteiger partial charge in [0.05, 0.1) is 11.9 Å². The maximum absolute atomic E-state index is 14.2. The van der Waals surface area contributed by atoms with E-state index in [0.717, 1.165) is 5.01 Å². The number of halogens is 1. The number of cyclic esters (lactones) is 1. The first kappa shape index (κ1) is 13.2. The number of ether oxygens (including phenoxy) is 1. The molecule has 1 amide bonds. The third-order valence-corrected chi connectivity index (χ3v) is 2.94. The number of rotatable bonds is 2. The summed E-state index contributed by atoms with van der Waals surface area (Å²) in [4.78, 5) is 19.6. The smallest absolute Gasteiger partial charge is 0.435 e. The van der Waals surface area contributed by atoms with Crippen LogP contribution in [0.15, 0.2) is 35.7 Å². The Morgan fingerprint density at radius 2 is 2.05 bits per heavy atom. The summed E-state index contributed by atoms with van der Waals surface area (Å²) in [6.45, 7) is 1.87. The quantitative estimate of drug-likeness (QED) is 0.850. The van der Waals surface area contributed by atoms with Crippen LogP contribution in [-0.4, -0.2) is 28.9 Å². The molecule has 0 bridgehead atoms. The zero-order valence-electron chi connectivity index (χ0n) is 11.2. The van der Waals surface area contributed by atoms with Crippen LogP contribution in [0.5, 0.6) is 0 Å². The van der Waals surface area contributed by atoms with Crippen LogP contribution >= 0.6 is 0 Å². The van der Waals surface area contributed by atoms with Gasteiger partial charge in [0.15, 0.2) is 0 Å². The molecule has 0 fully saturated rings. The first-order valence-electron chi connectivity index (χ1n) is 6.23. The molecule has 0 saturated carbocycles. The number of anilines is 1. The fraction of sp³-hybridized carbons (Fsp3) is 0.143. The van der Waals surface area contributed by atoms with Gasteiger partial charge in [-0.05, 0) is 19.1 Å². The predicted octanol–water partition coefficient (Wildman–Crippen LogP) is 2.53. The molecule has 7 heteroatoms. The Balaban J connectivity index is 1.96. The molecule has 0 aliphatic carbocycles. The number of hydrogen-bond acceptors (Lipinski definition) is 5. The molecule has 0 unspecified atom stereocenters. The van der Waals surface area contributed by atoms with Crippen molar-refractivity contribution in [2.24, 2.45) is 5.10 Å². The maximum atomic E-state index is 14.2. The molecule has 0 saturated heterocycles. The van der Waals surface area contributed by atoms with Crippen molar-refractivity contribution in [3.63, 3.8) is 0 Å². The Bertz CT molecular complexity index is 715. The van der Waals surface area contributed by atoms with Crippen LogP contribution in [0, 0.1) is 12.7 Å². The molecule has 1 aromatic heterocycles. The van der Waals surface area contributed by atoms with Crippen LogP contribution in [0.25, 0.3) is 11.1 Å². The zero-order chi connectivity index (χ0) is 14.8. The van der Waals surface area contributed by atoms with Crippen molar-refractivity contribution in [3.8, 4) is 11.1 Å². The molecule has 0 atom stereocenters. The Hall–Kier alpha value is -2.83. The van der Waals surface area contributed by atoms with Gasteiger partial charge < -0.3 is 4.74 Å². The number of nitrogens with zero attached hydrogens (tertiary/aromatic N) is 4. The van der Waals surface area contributed by atoms with Crippen molar-refractivity contribution < 1.29 is 13.9 Å².